The van der Waals surface area contributed by atoms with E-state index in [2.05, 4.69) is 14.3 Å². The van der Waals surface area contributed by atoms with Crippen LogP contribution in [0, 0.1) is 0 Å². The molecular formula is C8H14N4S. The Balaban J connectivity index is 1.89. The number of nitrogens with two attached hydrogens (primary N) is 1. The Morgan fingerprint density at radius 1 is 1.31 bits per heavy atom. The van der Waals surface area contributed by atoms with Crippen molar-refractivity contribution in [3.05, 3.63) is 5.82 Å². The largest absolute Gasteiger partial charge is 0.374 e. The molecule has 1 aromatic rings. The highest BCUT2D eigenvalue weighted by Crippen LogP contribution is 2.13. The Bertz CT molecular complexity index is 267. The molecule has 1 saturated heterocycles. The standard InChI is InChI=1S/C8H14N4S/c9-8-10-7(11-13-8)6-12-4-2-1-3-5-12/h1-6H2,(H2,9,10,11). The zero-order valence-corrected chi connectivity index (χ0v) is 8.39. The molecule has 0 amide bonds. The third kappa shape index (κ3) is 2.38. The van der Waals surface area contributed by atoms with Gasteiger partial charge in [-0.05, 0) is 25.9 Å². The number of nitrogens with zero attached hydrogens (tertiary/aromatic N) is 3. The lowest BCUT2D eigenvalue weighted by Crippen LogP contribution is -2.29. The highest BCUT2D eigenvalue weighted by atomic mass is 32.1. The number of hydrogen-bond donors (Lipinski definition) is 1. The van der Waals surface area contributed by atoms with Crippen molar-refractivity contribution >= 4 is 16.7 Å². The summed E-state index contributed by atoms with van der Waals surface area (Å²) >= 11 is 1.28. The summed E-state index contributed by atoms with van der Waals surface area (Å²) in [7, 11) is 0. The summed E-state index contributed by atoms with van der Waals surface area (Å²) in [6.07, 6.45) is 3.97. The van der Waals surface area contributed by atoms with Gasteiger partial charge in [-0.25, -0.2) is 4.98 Å². The topological polar surface area (TPSA) is 55.0 Å². The molecule has 0 aliphatic carbocycles. The van der Waals surface area contributed by atoms with Crippen LogP contribution in [-0.4, -0.2) is 27.3 Å². The molecule has 2 heterocycles. The average molecular weight is 198 g/mol. The van der Waals surface area contributed by atoms with Crippen LogP contribution in [0.25, 0.3) is 0 Å². The van der Waals surface area contributed by atoms with Crippen molar-refractivity contribution in [2.24, 2.45) is 0 Å². The Morgan fingerprint density at radius 2 is 2.08 bits per heavy atom. The molecule has 72 valence electrons. The summed E-state index contributed by atoms with van der Waals surface area (Å²) in [6.45, 7) is 3.23. The van der Waals surface area contributed by atoms with Crippen LogP contribution in [0.4, 0.5) is 5.13 Å². The molecule has 2 rings (SSSR count). The van der Waals surface area contributed by atoms with E-state index in [-0.39, 0.29) is 0 Å². The minimum atomic E-state index is 0.576. The van der Waals surface area contributed by atoms with Gasteiger partial charge in [-0.15, -0.1) is 0 Å². The maximum absolute atomic E-state index is 5.51. The van der Waals surface area contributed by atoms with Gasteiger partial charge in [0.2, 0.25) is 0 Å². The molecule has 1 aromatic heterocycles. The highest BCUT2D eigenvalue weighted by Gasteiger charge is 2.12. The van der Waals surface area contributed by atoms with Crippen LogP contribution >= 0.6 is 11.5 Å². The zero-order chi connectivity index (χ0) is 9.10. The van der Waals surface area contributed by atoms with E-state index in [0.29, 0.717) is 5.13 Å². The maximum atomic E-state index is 5.51. The normalized spacial score (nSPS) is 19.1. The lowest BCUT2D eigenvalue weighted by molar-refractivity contribution is 0.217. The number of aromatic nitrogens is 2. The summed E-state index contributed by atoms with van der Waals surface area (Å²) in [5.74, 6) is 0.879. The second-order valence-electron chi connectivity index (χ2n) is 3.39. The Kier molecular flexibility index (Phi) is 2.75. The van der Waals surface area contributed by atoms with Gasteiger partial charge in [0.25, 0.3) is 0 Å². The SMILES string of the molecule is Nc1nc(CN2CCCCC2)ns1. The van der Waals surface area contributed by atoms with E-state index in [4.69, 9.17) is 5.73 Å². The van der Waals surface area contributed by atoms with Gasteiger partial charge in [0.15, 0.2) is 11.0 Å². The van der Waals surface area contributed by atoms with Gasteiger partial charge in [0.05, 0.1) is 6.54 Å². The van der Waals surface area contributed by atoms with Gasteiger partial charge in [-0.2, -0.15) is 4.37 Å². The molecule has 0 saturated carbocycles. The van der Waals surface area contributed by atoms with Gasteiger partial charge in [-0.3, -0.25) is 4.90 Å². The fourth-order valence-electron chi connectivity index (χ4n) is 1.65. The number of hydrogen-bond acceptors (Lipinski definition) is 5. The molecule has 5 heteroatoms. The molecular weight excluding hydrogens is 184 g/mol. The first-order valence-corrected chi connectivity index (χ1v) is 5.42. The summed E-state index contributed by atoms with van der Waals surface area (Å²) in [4.78, 5) is 6.54. The third-order valence-electron chi connectivity index (χ3n) is 2.30. The van der Waals surface area contributed by atoms with Crippen LogP contribution in [0.5, 0.6) is 0 Å². The molecule has 0 unspecified atom stereocenters. The first-order valence-electron chi connectivity index (χ1n) is 4.65. The molecule has 0 radical (unpaired) electrons. The summed E-state index contributed by atoms with van der Waals surface area (Å²) in [5, 5.41) is 0.576. The maximum Gasteiger partial charge on any atom is 0.199 e. The number of rotatable bonds is 2. The molecule has 4 nitrogen and oxygen atoms in total. The minimum absolute atomic E-state index is 0.576. The average Bonchev–Trinajstić information content (AvgIpc) is 2.53. The molecule has 13 heavy (non-hydrogen) atoms. The van der Waals surface area contributed by atoms with Crippen molar-refractivity contribution < 1.29 is 0 Å². The van der Waals surface area contributed by atoms with Gasteiger partial charge < -0.3 is 5.73 Å². The quantitative estimate of drug-likeness (QED) is 0.773. The van der Waals surface area contributed by atoms with E-state index >= 15 is 0 Å². The molecule has 1 fully saturated rings. The van der Waals surface area contributed by atoms with Gasteiger partial charge in [-0.1, -0.05) is 6.42 Å². The van der Waals surface area contributed by atoms with Crippen molar-refractivity contribution in [1.29, 1.82) is 0 Å². The first kappa shape index (κ1) is 8.90. The molecule has 1 aliphatic heterocycles. The third-order valence-corrected chi connectivity index (χ3v) is 2.88. The van der Waals surface area contributed by atoms with Crippen LogP contribution in [0.1, 0.15) is 25.1 Å². The fraction of sp³-hybridized carbons (Fsp3) is 0.750. The van der Waals surface area contributed by atoms with Crippen LogP contribution in [0.3, 0.4) is 0 Å². The van der Waals surface area contributed by atoms with E-state index in [0.717, 1.165) is 12.4 Å². The second kappa shape index (κ2) is 4.02. The van der Waals surface area contributed by atoms with Gasteiger partial charge in [0, 0.05) is 11.5 Å². The van der Waals surface area contributed by atoms with E-state index in [9.17, 15) is 0 Å². The minimum Gasteiger partial charge on any atom is -0.374 e. The fourth-order valence-corrected chi connectivity index (χ4v) is 2.09. The number of nitrogen functional groups attached to an aromatic ring is 1. The highest BCUT2D eigenvalue weighted by molar-refractivity contribution is 7.09. The molecule has 0 aromatic carbocycles. The lowest BCUT2D eigenvalue weighted by atomic mass is 10.1. The predicted molar refractivity (Wildman–Crippen MR) is 53.4 cm³/mol. The van der Waals surface area contributed by atoms with Crippen LogP contribution < -0.4 is 5.73 Å². The monoisotopic (exact) mass is 198 g/mol. The summed E-state index contributed by atoms with van der Waals surface area (Å²) in [5.41, 5.74) is 5.51. The summed E-state index contributed by atoms with van der Waals surface area (Å²) < 4.78 is 4.17. The van der Waals surface area contributed by atoms with Crippen molar-refractivity contribution in [1.82, 2.24) is 14.3 Å². The van der Waals surface area contributed by atoms with Gasteiger partial charge >= 0.3 is 0 Å². The van der Waals surface area contributed by atoms with E-state index in [1.807, 2.05) is 0 Å². The van der Waals surface area contributed by atoms with E-state index in [1.54, 1.807) is 0 Å². The van der Waals surface area contributed by atoms with Crippen LogP contribution in [0.2, 0.25) is 0 Å². The van der Waals surface area contributed by atoms with E-state index < -0.39 is 0 Å². The predicted octanol–water partition coefficient (Wildman–Crippen LogP) is 1.11. The number of likely N-dealkylation sites (tertiary alicyclic amines) is 1. The van der Waals surface area contributed by atoms with Crippen molar-refractivity contribution in [3.8, 4) is 0 Å². The van der Waals surface area contributed by atoms with E-state index in [1.165, 1.54) is 43.9 Å². The molecule has 0 bridgehead atoms. The molecule has 0 spiro atoms. The Morgan fingerprint density at radius 3 is 2.69 bits per heavy atom. The Labute approximate surface area is 81.9 Å². The molecule has 2 N–H and O–H groups in total. The second-order valence-corrected chi connectivity index (χ2v) is 4.17. The van der Waals surface area contributed by atoms with Crippen molar-refractivity contribution in [3.63, 3.8) is 0 Å². The number of piperidine rings is 1. The lowest BCUT2D eigenvalue weighted by Gasteiger charge is -2.24. The zero-order valence-electron chi connectivity index (χ0n) is 7.57. The Hall–Kier alpha value is -0.680. The smallest absolute Gasteiger partial charge is 0.199 e. The first-order chi connectivity index (χ1) is 6.34. The van der Waals surface area contributed by atoms with Crippen molar-refractivity contribution in [2.75, 3.05) is 18.8 Å². The molecule has 0 atom stereocenters. The van der Waals surface area contributed by atoms with Crippen LogP contribution in [-0.2, 0) is 6.54 Å². The summed E-state index contributed by atoms with van der Waals surface area (Å²) in [6, 6.07) is 0. The molecule has 1 aliphatic rings. The van der Waals surface area contributed by atoms with Gasteiger partial charge in [0.1, 0.15) is 0 Å². The van der Waals surface area contributed by atoms with Crippen LogP contribution in [0.15, 0.2) is 0 Å². The van der Waals surface area contributed by atoms with Crippen molar-refractivity contribution in [2.45, 2.75) is 25.8 Å². The number of anilines is 1.